The molecule has 0 saturated carbocycles. The Labute approximate surface area is 131 Å². The summed E-state index contributed by atoms with van der Waals surface area (Å²) in [5.41, 5.74) is 0.230. The van der Waals surface area contributed by atoms with Crippen molar-refractivity contribution in [3.8, 4) is 0 Å². The van der Waals surface area contributed by atoms with Gasteiger partial charge in [-0.15, -0.1) is 0 Å². The van der Waals surface area contributed by atoms with E-state index in [9.17, 15) is 14.0 Å². The number of nitrogens with zero attached hydrogens (tertiary/aromatic N) is 2. The average Bonchev–Trinajstić information content (AvgIpc) is 2.48. The van der Waals surface area contributed by atoms with Gasteiger partial charge in [-0.2, -0.15) is 0 Å². The second-order valence-corrected chi connectivity index (χ2v) is 5.93. The monoisotopic (exact) mass is 357 g/mol. The molecule has 0 spiro atoms. The number of likely N-dealkylation sites (N-methyl/N-ethyl adjacent to an activating group) is 1. The van der Waals surface area contributed by atoms with E-state index in [-0.39, 0.29) is 17.4 Å². The van der Waals surface area contributed by atoms with Crippen LogP contribution in [0.4, 0.5) is 4.39 Å². The van der Waals surface area contributed by atoms with Crippen LogP contribution in [0.3, 0.4) is 0 Å². The van der Waals surface area contributed by atoms with Crippen LogP contribution >= 0.6 is 15.9 Å². The molecule has 0 aromatic heterocycles. The predicted molar refractivity (Wildman–Crippen MR) is 80.5 cm³/mol. The van der Waals surface area contributed by atoms with Gasteiger partial charge in [-0.1, -0.05) is 0 Å². The molecule has 0 aliphatic carbocycles. The van der Waals surface area contributed by atoms with Crippen molar-refractivity contribution in [2.75, 3.05) is 33.7 Å². The third-order valence-electron chi connectivity index (χ3n) is 3.39. The molecule has 1 aliphatic rings. The maximum Gasteiger partial charge on any atom is 0.255 e. The number of hydrogen-bond donors (Lipinski definition) is 1. The summed E-state index contributed by atoms with van der Waals surface area (Å²) in [6.45, 7) is 1.41. The zero-order valence-corrected chi connectivity index (χ0v) is 13.5. The van der Waals surface area contributed by atoms with Gasteiger partial charge >= 0.3 is 0 Å². The Morgan fingerprint density at radius 1 is 1.43 bits per heavy atom. The molecule has 114 valence electrons. The van der Waals surface area contributed by atoms with Gasteiger partial charge in [0.15, 0.2) is 0 Å². The number of benzene rings is 1. The molecule has 1 saturated heterocycles. The minimum absolute atomic E-state index is 0.150. The van der Waals surface area contributed by atoms with Crippen molar-refractivity contribution in [3.05, 3.63) is 34.1 Å². The zero-order valence-electron chi connectivity index (χ0n) is 11.9. The van der Waals surface area contributed by atoms with E-state index in [0.717, 1.165) is 0 Å². The minimum atomic E-state index is -0.573. The molecule has 7 heteroatoms. The number of halogens is 2. The summed E-state index contributed by atoms with van der Waals surface area (Å²) in [6.07, 6.45) is 0. The van der Waals surface area contributed by atoms with E-state index in [1.807, 2.05) is 0 Å². The highest BCUT2D eigenvalue weighted by Crippen LogP contribution is 2.21. The van der Waals surface area contributed by atoms with Crippen LogP contribution in [-0.2, 0) is 4.79 Å². The van der Waals surface area contributed by atoms with Gasteiger partial charge in [0.05, 0.1) is 5.56 Å². The Morgan fingerprint density at radius 3 is 2.81 bits per heavy atom. The number of carbonyl (C=O) groups excluding carboxylic acids is 2. The van der Waals surface area contributed by atoms with Crippen LogP contribution in [0.1, 0.15) is 10.4 Å². The van der Waals surface area contributed by atoms with Crippen molar-refractivity contribution in [3.63, 3.8) is 0 Å². The number of amides is 2. The second kappa shape index (κ2) is 6.53. The molecule has 1 aliphatic heterocycles. The smallest absolute Gasteiger partial charge is 0.255 e. The summed E-state index contributed by atoms with van der Waals surface area (Å²) >= 11 is 3.26. The number of rotatable bonds is 2. The van der Waals surface area contributed by atoms with E-state index < -0.39 is 11.9 Å². The molecule has 2 amide bonds. The molecule has 1 N–H and O–H groups in total. The van der Waals surface area contributed by atoms with Gasteiger partial charge in [0, 0.05) is 38.2 Å². The van der Waals surface area contributed by atoms with E-state index in [1.165, 1.54) is 28.0 Å². The number of hydrogen-bond acceptors (Lipinski definition) is 3. The van der Waals surface area contributed by atoms with Crippen LogP contribution in [0.25, 0.3) is 0 Å². The SMILES string of the molecule is CN(C)C(=O)C1CNCCN1C(=O)c1cc(F)ccc1Br. The minimum Gasteiger partial charge on any atom is -0.347 e. The molecule has 0 bridgehead atoms. The van der Waals surface area contributed by atoms with Crippen molar-refractivity contribution in [1.29, 1.82) is 0 Å². The summed E-state index contributed by atoms with van der Waals surface area (Å²) in [5.74, 6) is -0.974. The van der Waals surface area contributed by atoms with Crippen LogP contribution in [0.15, 0.2) is 22.7 Å². The normalized spacial score (nSPS) is 18.5. The highest BCUT2D eigenvalue weighted by atomic mass is 79.9. The van der Waals surface area contributed by atoms with Crippen molar-refractivity contribution < 1.29 is 14.0 Å². The van der Waals surface area contributed by atoms with E-state index in [1.54, 1.807) is 14.1 Å². The van der Waals surface area contributed by atoms with Gasteiger partial charge in [-0.25, -0.2) is 4.39 Å². The van der Waals surface area contributed by atoms with Gasteiger partial charge < -0.3 is 15.1 Å². The topological polar surface area (TPSA) is 52.7 Å². The lowest BCUT2D eigenvalue weighted by Crippen LogP contribution is -2.59. The Kier molecular flexibility index (Phi) is 4.95. The summed E-state index contributed by atoms with van der Waals surface area (Å²) in [6, 6.07) is 3.39. The Hall–Kier alpha value is -1.47. The second-order valence-electron chi connectivity index (χ2n) is 5.08. The summed E-state index contributed by atoms with van der Waals surface area (Å²) in [7, 11) is 3.30. The van der Waals surface area contributed by atoms with E-state index in [2.05, 4.69) is 21.2 Å². The number of nitrogens with one attached hydrogen (secondary N) is 1. The zero-order chi connectivity index (χ0) is 15.6. The molecule has 1 aromatic carbocycles. The first kappa shape index (κ1) is 15.9. The fraction of sp³-hybridized carbons (Fsp3) is 0.429. The third-order valence-corrected chi connectivity index (χ3v) is 4.08. The Bertz CT molecular complexity index is 565. The molecule has 2 rings (SSSR count). The lowest BCUT2D eigenvalue weighted by molar-refractivity contribution is -0.134. The van der Waals surface area contributed by atoms with Crippen LogP contribution in [0, 0.1) is 5.82 Å². The Balaban J connectivity index is 2.30. The van der Waals surface area contributed by atoms with Gasteiger partial charge in [0.2, 0.25) is 5.91 Å². The maximum absolute atomic E-state index is 13.4. The maximum atomic E-state index is 13.4. The predicted octanol–water partition coefficient (Wildman–Crippen LogP) is 1.09. The van der Waals surface area contributed by atoms with E-state index >= 15 is 0 Å². The molecule has 1 fully saturated rings. The molecule has 1 heterocycles. The fourth-order valence-corrected chi connectivity index (χ4v) is 2.70. The van der Waals surface area contributed by atoms with Crippen molar-refractivity contribution in [1.82, 2.24) is 15.1 Å². The molecule has 0 radical (unpaired) electrons. The van der Waals surface area contributed by atoms with E-state index in [0.29, 0.717) is 24.1 Å². The largest absolute Gasteiger partial charge is 0.347 e. The van der Waals surface area contributed by atoms with Crippen LogP contribution in [-0.4, -0.2) is 61.4 Å². The summed E-state index contributed by atoms with van der Waals surface area (Å²) < 4.78 is 13.9. The van der Waals surface area contributed by atoms with Crippen molar-refractivity contribution in [2.24, 2.45) is 0 Å². The summed E-state index contributed by atoms with van der Waals surface area (Å²) in [5, 5.41) is 3.11. The fourth-order valence-electron chi connectivity index (χ4n) is 2.28. The lowest BCUT2D eigenvalue weighted by Gasteiger charge is -2.36. The highest BCUT2D eigenvalue weighted by Gasteiger charge is 2.34. The Morgan fingerprint density at radius 2 is 2.14 bits per heavy atom. The van der Waals surface area contributed by atoms with Gasteiger partial charge in [0.25, 0.3) is 5.91 Å². The van der Waals surface area contributed by atoms with Crippen molar-refractivity contribution in [2.45, 2.75) is 6.04 Å². The average molecular weight is 358 g/mol. The third kappa shape index (κ3) is 3.41. The van der Waals surface area contributed by atoms with Gasteiger partial charge in [-0.05, 0) is 34.1 Å². The molecule has 1 unspecified atom stereocenters. The summed E-state index contributed by atoms with van der Waals surface area (Å²) in [4.78, 5) is 27.8. The van der Waals surface area contributed by atoms with Gasteiger partial charge in [-0.3, -0.25) is 9.59 Å². The first-order valence-electron chi connectivity index (χ1n) is 6.59. The van der Waals surface area contributed by atoms with Crippen LogP contribution < -0.4 is 5.32 Å². The van der Waals surface area contributed by atoms with E-state index in [4.69, 9.17) is 0 Å². The van der Waals surface area contributed by atoms with Crippen molar-refractivity contribution >= 4 is 27.7 Å². The molecule has 1 atom stereocenters. The lowest BCUT2D eigenvalue weighted by atomic mass is 10.1. The quantitative estimate of drug-likeness (QED) is 0.861. The first-order valence-corrected chi connectivity index (χ1v) is 7.39. The molecule has 21 heavy (non-hydrogen) atoms. The van der Waals surface area contributed by atoms with Crippen LogP contribution in [0.2, 0.25) is 0 Å². The first-order chi connectivity index (χ1) is 9.91. The molecule has 5 nitrogen and oxygen atoms in total. The molecular formula is C14H17BrFN3O2. The van der Waals surface area contributed by atoms with Gasteiger partial charge in [0.1, 0.15) is 11.9 Å². The van der Waals surface area contributed by atoms with Crippen LogP contribution in [0.5, 0.6) is 0 Å². The number of piperazine rings is 1. The number of carbonyl (C=O) groups is 2. The molecular weight excluding hydrogens is 341 g/mol. The molecule has 1 aromatic rings. The standard InChI is InChI=1S/C14H17BrFN3O2/c1-18(2)14(21)12-8-17-5-6-19(12)13(20)10-7-9(16)3-4-11(10)15/h3-4,7,12,17H,5-6,8H2,1-2H3. The highest BCUT2D eigenvalue weighted by molar-refractivity contribution is 9.10.